The number of amides is 1. The molecular weight excluding hydrogens is 238 g/mol. The van der Waals surface area contributed by atoms with Gasteiger partial charge in [0.05, 0.1) is 5.92 Å². The SMILES string of the molecule is CCCCN(C)Cc1ccc(C(C)C(=O)NN)cc1. The van der Waals surface area contributed by atoms with Crippen LogP contribution < -0.4 is 11.3 Å². The first-order valence-electron chi connectivity index (χ1n) is 6.86. The highest BCUT2D eigenvalue weighted by atomic mass is 16.2. The second kappa shape index (κ2) is 7.92. The summed E-state index contributed by atoms with van der Waals surface area (Å²) < 4.78 is 0. The Labute approximate surface area is 115 Å². The number of hydrazine groups is 1. The van der Waals surface area contributed by atoms with Gasteiger partial charge in [0.2, 0.25) is 5.91 Å². The number of hydrogen-bond donors (Lipinski definition) is 2. The van der Waals surface area contributed by atoms with Crippen molar-refractivity contribution < 1.29 is 4.79 Å². The van der Waals surface area contributed by atoms with E-state index in [1.807, 2.05) is 19.1 Å². The van der Waals surface area contributed by atoms with Crippen molar-refractivity contribution in [3.63, 3.8) is 0 Å². The molecule has 0 bridgehead atoms. The molecule has 4 heteroatoms. The molecule has 0 saturated heterocycles. The van der Waals surface area contributed by atoms with E-state index in [0.29, 0.717) is 0 Å². The highest BCUT2D eigenvalue weighted by Gasteiger charge is 2.13. The van der Waals surface area contributed by atoms with Gasteiger partial charge in [-0.1, -0.05) is 37.6 Å². The van der Waals surface area contributed by atoms with Crippen LogP contribution in [0.2, 0.25) is 0 Å². The lowest BCUT2D eigenvalue weighted by molar-refractivity contribution is -0.122. The van der Waals surface area contributed by atoms with E-state index in [9.17, 15) is 4.79 Å². The molecular formula is C15H25N3O. The minimum atomic E-state index is -0.211. The number of nitrogens with two attached hydrogens (primary N) is 1. The Kier molecular flexibility index (Phi) is 6.53. The summed E-state index contributed by atoms with van der Waals surface area (Å²) in [5.41, 5.74) is 4.44. The lowest BCUT2D eigenvalue weighted by atomic mass is 9.99. The van der Waals surface area contributed by atoms with Crippen LogP contribution >= 0.6 is 0 Å². The summed E-state index contributed by atoms with van der Waals surface area (Å²) in [7, 11) is 2.13. The van der Waals surface area contributed by atoms with Crippen molar-refractivity contribution in [1.29, 1.82) is 0 Å². The Morgan fingerprint density at radius 3 is 2.53 bits per heavy atom. The lowest BCUT2D eigenvalue weighted by Crippen LogP contribution is -2.33. The molecule has 0 saturated carbocycles. The second-order valence-electron chi connectivity index (χ2n) is 5.06. The second-order valence-corrected chi connectivity index (χ2v) is 5.06. The van der Waals surface area contributed by atoms with Gasteiger partial charge in [-0.05, 0) is 38.1 Å². The number of unbranched alkanes of at least 4 members (excludes halogenated alkanes) is 1. The van der Waals surface area contributed by atoms with Crippen LogP contribution in [0.4, 0.5) is 0 Å². The van der Waals surface area contributed by atoms with Crippen LogP contribution in [0.25, 0.3) is 0 Å². The van der Waals surface area contributed by atoms with Crippen molar-refractivity contribution in [3.8, 4) is 0 Å². The summed E-state index contributed by atoms with van der Waals surface area (Å²) >= 11 is 0. The van der Waals surface area contributed by atoms with Gasteiger partial charge >= 0.3 is 0 Å². The zero-order valence-electron chi connectivity index (χ0n) is 12.1. The standard InChI is InChI=1S/C15H25N3O/c1-4-5-10-18(3)11-13-6-8-14(9-7-13)12(2)15(19)17-16/h6-9,12H,4-5,10-11,16H2,1-3H3,(H,17,19). The van der Waals surface area contributed by atoms with Gasteiger partial charge in [0.25, 0.3) is 0 Å². The molecule has 19 heavy (non-hydrogen) atoms. The van der Waals surface area contributed by atoms with E-state index in [2.05, 4.69) is 36.4 Å². The monoisotopic (exact) mass is 263 g/mol. The summed E-state index contributed by atoms with van der Waals surface area (Å²) in [6.45, 7) is 6.11. The van der Waals surface area contributed by atoms with Crippen LogP contribution in [0, 0.1) is 0 Å². The number of carbonyl (C=O) groups is 1. The van der Waals surface area contributed by atoms with E-state index in [1.165, 1.54) is 18.4 Å². The van der Waals surface area contributed by atoms with Crippen LogP contribution in [-0.2, 0) is 11.3 Å². The molecule has 0 aromatic heterocycles. The molecule has 1 aromatic carbocycles. The molecule has 3 N–H and O–H groups in total. The average molecular weight is 263 g/mol. The maximum Gasteiger partial charge on any atom is 0.241 e. The topological polar surface area (TPSA) is 58.4 Å². The minimum Gasteiger partial charge on any atom is -0.302 e. The van der Waals surface area contributed by atoms with Gasteiger partial charge in [-0.2, -0.15) is 0 Å². The van der Waals surface area contributed by atoms with E-state index in [-0.39, 0.29) is 11.8 Å². The molecule has 0 spiro atoms. The first-order valence-corrected chi connectivity index (χ1v) is 6.86. The Morgan fingerprint density at radius 1 is 1.37 bits per heavy atom. The number of carbonyl (C=O) groups excluding carboxylic acids is 1. The maximum atomic E-state index is 11.4. The summed E-state index contributed by atoms with van der Waals surface area (Å²) in [6, 6.07) is 8.17. The van der Waals surface area contributed by atoms with E-state index in [1.54, 1.807) is 0 Å². The molecule has 4 nitrogen and oxygen atoms in total. The highest BCUT2D eigenvalue weighted by molar-refractivity contribution is 5.82. The number of nitrogens with zero attached hydrogens (tertiary/aromatic N) is 1. The Hall–Kier alpha value is -1.39. The van der Waals surface area contributed by atoms with Crippen molar-refractivity contribution in [2.45, 2.75) is 39.2 Å². The molecule has 1 amide bonds. The fourth-order valence-corrected chi connectivity index (χ4v) is 2.01. The highest BCUT2D eigenvalue weighted by Crippen LogP contribution is 2.16. The van der Waals surface area contributed by atoms with E-state index in [0.717, 1.165) is 18.7 Å². The average Bonchev–Trinajstić information content (AvgIpc) is 2.44. The predicted molar refractivity (Wildman–Crippen MR) is 78.4 cm³/mol. The molecule has 0 radical (unpaired) electrons. The molecule has 0 heterocycles. The molecule has 0 aliphatic heterocycles. The predicted octanol–water partition coefficient (Wildman–Crippen LogP) is 2.01. The van der Waals surface area contributed by atoms with Gasteiger partial charge < -0.3 is 4.90 Å². The van der Waals surface area contributed by atoms with Crippen molar-refractivity contribution in [3.05, 3.63) is 35.4 Å². The van der Waals surface area contributed by atoms with Crippen molar-refractivity contribution in [1.82, 2.24) is 10.3 Å². The van der Waals surface area contributed by atoms with Gasteiger partial charge in [0, 0.05) is 6.54 Å². The van der Waals surface area contributed by atoms with Crippen LogP contribution in [0.1, 0.15) is 43.7 Å². The first-order chi connectivity index (χ1) is 9.08. The molecule has 1 unspecified atom stereocenters. The maximum absolute atomic E-state index is 11.4. The normalized spacial score (nSPS) is 12.5. The summed E-state index contributed by atoms with van der Waals surface area (Å²) in [4.78, 5) is 13.8. The summed E-state index contributed by atoms with van der Waals surface area (Å²) in [6.07, 6.45) is 2.44. The summed E-state index contributed by atoms with van der Waals surface area (Å²) in [5, 5.41) is 0. The number of hydrogen-bond acceptors (Lipinski definition) is 3. The molecule has 1 aromatic rings. The van der Waals surface area contributed by atoms with Gasteiger partial charge in [-0.3, -0.25) is 10.2 Å². The zero-order valence-corrected chi connectivity index (χ0v) is 12.1. The third-order valence-corrected chi connectivity index (χ3v) is 3.36. The molecule has 106 valence electrons. The van der Waals surface area contributed by atoms with Crippen LogP contribution in [0.5, 0.6) is 0 Å². The lowest BCUT2D eigenvalue weighted by Gasteiger charge is -2.17. The molecule has 0 fully saturated rings. The Bertz CT molecular complexity index is 389. The van der Waals surface area contributed by atoms with Crippen molar-refractivity contribution in [2.75, 3.05) is 13.6 Å². The number of nitrogens with one attached hydrogen (secondary N) is 1. The quantitative estimate of drug-likeness (QED) is 0.449. The third kappa shape index (κ3) is 5.01. The molecule has 0 aliphatic carbocycles. The van der Waals surface area contributed by atoms with E-state index >= 15 is 0 Å². The van der Waals surface area contributed by atoms with Gasteiger partial charge in [-0.25, -0.2) is 5.84 Å². The van der Waals surface area contributed by atoms with Gasteiger partial charge in [-0.15, -0.1) is 0 Å². The third-order valence-electron chi connectivity index (χ3n) is 3.36. The largest absolute Gasteiger partial charge is 0.302 e. The Morgan fingerprint density at radius 2 is 2.00 bits per heavy atom. The van der Waals surface area contributed by atoms with E-state index in [4.69, 9.17) is 5.84 Å². The Balaban J connectivity index is 2.58. The molecule has 1 rings (SSSR count). The van der Waals surface area contributed by atoms with Crippen LogP contribution in [0.15, 0.2) is 24.3 Å². The molecule has 0 aliphatic rings. The first kappa shape index (κ1) is 15.7. The fourth-order valence-electron chi connectivity index (χ4n) is 2.01. The number of benzene rings is 1. The van der Waals surface area contributed by atoms with Crippen LogP contribution in [-0.4, -0.2) is 24.4 Å². The van der Waals surface area contributed by atoms with E-state index < -0.39 is 0 Å². The fraction of sp³-hybridized carbons (Fsp3) is 0.533. The smallest absolute Gasteiger partial charge is 0.241 e. The minimum absolute atomic E-state index is 0.159. The van der Waals surface area contributed by atoms with Crippen molar-refractivity contribution >= 4 is 5.91 Å². The molecule has 1 atom stereocenters. The zero-order chi connectivity index (χ0) is 14.3. The van der Waals surface area contributed by atoms with Gasteiger partial charge in [0.15, 0.2) is 0 Å². The number of rotatable bonds is 7. The van der Waals surface area contributed by atoms with Crippen molar-refractivity contribution in [2.24, 2.45) is 5.84 Å². The summed E-state index contributed by atoms with van der Waals surface area (Å²) in [5.74, 6) is 4.78. The van der Waals surface area contributed by atoms with Crippen LogP contribution in [0.3, 0.4) is 0 Å². The van der Waals surface area contributed by atoms with Gasteiger partial charge in [0.1, 0.15) is 0 Å².